The Morgan fingerprint density at radius 2 is 2.11 bits per heavy atom. The van der Waals surface area contributed by atoms with Gasteiger partial charge in [0.15, 0.2) is 0 Å². The Hall–Kier alpha value is -0.640. The van der Waals surface area contributed by atoms with Crippen LogP contribution in [0.4, 0.5) is 0 Å². The van der Waals surface area contributed by atoms with Crippen LogP contribution in [-0.4, -0.2) is 11.0 Å². The van der Waals surface area contributed by atoms with Gasteiger partial charge in [-0.05, 0) is 48.6 Å². The SMILES string of the molecule is NNC(Cc1ccncc1Cl)C1C2CCCCC21. The van der Waals surface area contributed by atoms with E-state index in [-0.39, 0.29) is 0 Å². The summed E-state index contributed by atoms with van der Waals surface area (Å²) in [6.45, 7) is 0. The molecule has 0 radical (unpaired) electrons. The summed E-state index contributed by atoms with van der Waals surface area (Å²) < 4.78 is 0. The van der Waals surface area contributed by atoms with Gasteiger partial charge in [-0.1, -0.05) is 24.4 Å². The first-order valence-electron chi connectivity index (χ1n) is 6.86. The first-order chi connectivity index (χ1) is 8.81. The maximum atomic E-state index is 6.17. The fraction of sp³-hybridized carbons (Fsp3) is 0.643. The molecule has 3 N–H and O–H groups in total. The predicted molar refractivity (Wildman–Crippen MR) is 73.0 cm³/mol. The predicted octanol–water partition coefficient (Wildman–Crippen LogP) is 2.55. The molecule has 98 valence electrons. The third-order valence-corrected chi connectivity index (χ3v) is 5.04. The first kappa shape index (κ1) is 12.4. The highest BCUT2D eigenvalue weighted by Crippen LogP contribution is 2.57. The van der Waals surface area contributed by atoms with Crippen molar-refractivity contribution in [2.75, 3.05) is 0 Å². The van der Waals surface area contributed by atoms with E-state index in [0.29, 0.717) is 6.04 Å². The van der Waals surface area contributed by atoms with Crippen molar-refractivity contribution < 1.29 is 0 Å². The highest BCUT2D eigenvalue weighted by atomic mass is 35.5. The number of aromatic nitrogens is 1. The van der Waals surface area contributed by atoms with Crippen molar-refractivity contribution in [2.45, 2.75) is 38.1 Å². The van der Waals surface area contributed by atoms with Crippen LogP contribution in [0.5, 0.6) is 0 Å². The normalized spacial score (nSPS) is 31.8. The summed E-state index contributed by atoms with van der Waals surface area (Å²) in [5.74, 6) is 8.32. The monoisotopic (exact) mass is 265 g/mol. The zero-order valence-electron chi connectivity index (χ0n) is 10.5. The molecule has 1 aromatic rings. The average Bonchev–Trinajstić information content (AvgIpc) is 3.12. The summed E-state index contributed by atoms with van der Waals surface area (Å²) >= 11 is 6.17. The summed E-state index contributed by atoms with van der Waals surface area (Å²) in [7, 11) is 0. The number of pyridine rings is 1. The molecule has 1 aromatic heterocycles. The second kappa shape index (κ2) is 5.16. The summed E-state index contributed by atoms with van der Waals surface area (Å²) in [5.41, 5.74) is 4.17. The van der Waals surface area contributed by atoms with Gasteiger partial charge in [0.1, 0.15) is 0 Å². The Kier molecular flexibility index (Phi) is 3.55. The standard InChI is InChI=1S/C14H20ClN3/c15-12-8-17-6-5-9(12)7-13(18-16)14-10-3-1-2-4-11(10)14/h5-6,8,10-11,13-14,18H,1-4,7,16H2. The number of fused-ring (bicyclic) bond motifs is 1. The molecule has 2 aliphatic rings. The van der Waals surface area contributed by atoms with Crippen molar-refractivity contribution in [2.24, 2.45) is 23.6 Å². The molecule has 2 aliphatic carbocycles. The lowest BCUT2D eigenvalue weighted by Gasteiger charge is -2.17. The second-order valence-electron chi connectivity index (χ2n) is 5.63. The van der Waals surface area contributed by atoms with Gasteiger partial charge in [-0.3, -0.25) is 16.3 Å². The van der Waals surface area contributed by atoms with Crippen LogP contribution in [-0.2, 0) is 6.42 Å². The molecule has 18 heavy (non-hydrogen) atoms. The Balaban J connectivity index is 1.69. The van der Waals surface area contributed by atoms with Gasteiger partial charge in [0, 0.05) is 18.4 Å². The number of nitrogens with one attached hydrogen (secondary N) is 1. The van der Waals surface area contributed by atoms with Crippen molar-refractivity contribution in [1.29, 1.82) is 0 Å². The fourth-order valence-electron chi connectivity index (χ4n) is 3.76. The van der Waals surface area contributed by atoms with Gasteiger partial charge in [-0.2, -0.15) is 0 Å². The summed E-state index contributed by atoms with van der Waals surface area (Å²) in [4.78, 5) is 4.03. The first-order valence-corrected chi connectivity index (χ1v) is 7.23. The minimum atomic E-state index is 0.359. The summed E-state index contributed by atoms with van der Waals surface area (Å²) in [5, 5.41) is 0.751. The van der Waals surface area contributed by atoms with Gasteiger partial charge >= 0.3 is 0 Å². The lowest BCUT2D eigenvalue weighted by molar-refractivity contribution is 0.437. The highest BCUT2D eigenvalue weighted by Gasteiger charge is 2.53. The molecule has 0 amide bonds. The van der Waals surface area contributed by atoms with E-state index in [4.69, 9.17) is 17.4 Å². The van der Waals surface area contributed by atoms with Crippen LogP contribution in [0.2, 0.25) is 5.02 Å². The van der Waals surface area contributed by atoms with E-state index >= 15 is 0 Å². The molecular formula is C14H20ClN3. The van der Waals surface area contributed by atoms with E-state index in [2.05, 4.69) is 10.4 Å². The topological polar surface area (TPSA) is 50.9 Å². The Morgan fingerprint density at radius 3 is 2.72 bits per heavy atom. The fourth-order valence-corrected chi connectivity index (χ4v) is 3.95. The molecule has 2 saturated carbocycles. The minimum absolute atomic E-state index is 0.359. The zero-order chi connectivity index (χ0) is 12.5. The zero-order valence-corrected chi connectivity index (χ0v) is 11.2. The molecule has 3 rings (SSSR count). The maximum Gasteiger partial charge on any atom is 0.0621 e. The van der Waals surface area contributed by atoms with Crippen LogP contribution in [0.3, 0.4) is 0 Å². The number of halogens is 1. The number of hydrogen-bond donors (Lipinski definition) is 2. The van der Waals surface area contributed by atoms with Crippen LogP contribution < -0.4 is 11.3 Å². The van der Waals surface area contributed by atoms with Crippen LogP contribution in [0.1, 0.15) is 31.2 Å². The lowest BCUT2D eigenvalue weighted by Crippen LogP contribution is -2.39. The van der Waals surface area contributed by atoms with Crippen LogP contribution >= 0.6 is 11.6 Å². The van der Waals surface area contributed by atoms with E-state index in [1.807, 2.05) is 6.07 Å². The molecule has 0 spiro atoms. The molecule has 4 heteroatoms. The quantitative estimate of drug-likeness (QED) is 0.650. The summed E-state index contributed by atoms with van der Waals surface area (Å²) in [6, 6.07) is 2.36. The van der Waals surface area contributed by atoms with E-state index in [1.165, 1.54) is 25.7 Å². The van der Waals surface area contributed by atoms with E-state index in [1.54, 1.807) is 12.4 Å². The smallest absolute Gasteiger partial charge is 0.0621 e. The Bertz CT molecular complexity index is 411. The highest BCUT2D eigenvalue weighted by molar-refractivity contribution is 6.31. The third kappa shape index (κ3) is 2.27. The second-order valence-corrected chi connectivity index (χ2v) is 6.04. The van der Waals surface area contributed by atoms with Gasteiger partial charge < -0.3 is 0 Å². The molecule has 0 aromatic carbocycles. The van der Waals surface area contributed by atoms with Crippen molar-refractivity contribution in [3.63, 3.8) is 0 Å². The van der Waals surface area contributed by atoms with Crippen molar-refractivity contribution >= 4 is 11.6 Å². The Morgan fingerprint density at radius 1 is 1.39 bits per heavy atom. The Labute approximate surface area is 113 Å². The van der Waals surface area contributed by atoms with Gasteiger partial charge in [0.2, 0.25) is 0 Å². The van der Waals surface area contributed by atoms with Crippen LogP contribution in [0.25, 0.3) is 0 Å². The van der Waals surface area contributed by atoms with E-state index in [9.17, 15) is 0 Å². The molecule has 3 atom stereocenters. The average molecular weight is 266 g/mol. The number of nitrogens with two attached hydrogens (primary N) is 1. The molecule has 3 nitrogen and oxygen atoms in total. The molecule has 0 bridgehead atoms. The van der Waals surface area contributed by atoms with Crippen molar-refractivity contribution in [3.05, 3.63) is 29.0 Å². The van der Waals surface area contributed by atoms with Gasteiger partial charge in [0.25, 0.3) is 0 Å². The van der Waals surface area contributed by atoms with E-state index in [0.717, 1.165) is 34.8 Å². The molecule has 2 fully saturated rings. The summed E-state index contributed by atoms with van der Waals surface area (Å²) in [6.07, 6.45) is 9.99. The molecule has 0 aliphatic heterocycles. The van der Waals surface area contributed by atoms with E-state index < -0.39 is 0 Å². The number of hydrogen-bond acceptors (Lipinski definition) is 3. The molecule has 1 heterocycles. The minimum Gasteiger partial charge on any atom is -0.271 e. The van der Waals surface area contributed by atoms with Crippen molar-refractivity contribution in [1.82, 2.24) is 10.4 Å². The maximum absolute atomic E-state index is 6.17. The van der Waals surface area contributed by atoms with Crippen LogP contribution in [0.15, 0.2) is 18.5 Å². The van der Waals surface area contributed by atoms with Crippen molar-refractivity contribution in [3.8, 4) is 0 Å². The number of nitrogens with zero attached hydrogens (tertiary/aromatic N) is 1. The molecule has 0 saturated heterocycles. The van der Waals surface area contributed by atoms with Gasteiger partial charge in [-0.15, -0.1) is 0 Å². The third-order valence-electron chi connectivity index (χ3n) is 4.70. The number of hydrazine groups is 1. The van der Waals surface area contributed by atoms with Gasteiger partial charge in [0.05, 0.1) is 5.02 Å². The van der Waals surface area contributed by atoms with Crippen LogP contribution in [0, 0.1) is 17.8 Å². The largest absolute Gasteiger partial charge is 0.271 e. The lowest BCUT2D eigenvalue weighted by atomic mass is 10.0. The molecule has 3 unspecified atom stereocenters. The van der Waals surface area contributed by atoms with Gasteiger partial charge in [-0.25, -0.2) is 0 Å². The number of rotatable bonds is 4. The molecular weight excluding hydrogens is 246 g/mol.